The molecule has 1 heterocycles. The van der Waals surface area contributed by atoms with Crippen LogP contribution in [0.1, 0.15) is 0 Å². The molecular formula is C11H9BrN2O. The molecule has 3 nitrogen and oxygen atoms in total. The van der Waals surface area contributed by atoms with Gasteiger partial charge in [0, 0.05) is 23.0 Å². The standard InChI is InChI=1S/C11H9BrN2O/c12-11-7(3-2-6-14-11)10-8(13)4-1-5-9(10)15/h1-6,15H,13H2. The lowest BCUT2D eigenvalue weighted by molar-refractivity contribution is 0.477. The van der Waals surface area contributed by atoms with Crippen molar-refractivity contribution in [2.45, 2.75) is 0 Å². The molecule has 0 saturated carbocycles. The van der Waals surface area contributed by atoms with Gasteiger partial charge in [-0.05, 0) is 40.2 Å². The fourth-order valence-corrected chi connectivity index (χ4v) is 1.87. The summed E-state index contributed by atoms with van der Waals surface area (Å²) in [6.45, 7) is 0. The van der Waals surface area contributed by atoms with Crippen LogP contribution in [0.4, 0.5) is 5.69 Å². The molecule has 2 aromatic rings. The van der Waals surface area contributed by atoms with E-state index in [0.717, 1.165) is 5.56 Å². The molecule has 0 fully saturated rings. The quantitative estimate of drug-likeness (QED) is 0.615. The zero-order chi connectivity index (χ0) is 10.8. The predicted molar refractivity (Wildman–Crippen MR) is 63.5 cm³/mol. The van der Waals surface area contributed by atoms with Gasteiger partial charge in [0.05, 0.1) is 0 Å². The Labute approximate surface area is 95.7 Å². The van der Waals surface area contributed by atoms with Crippen LogP contribution in [-0.4, -0.2) is 10.1 Å². The monoisotopic (exact) mass is 264 g/mol. The van der Waals surface area contributed by atoms with E-state index in [0.29, 0.717) is 15.9 Å². The van der Waals surface area contributed by atoms with Crippen molar-refractivity contribution >= 4 is 21.6 Å². The van der Waals surface area contributed by atoms with E-state index < -0.39 is 0 Å². The number of phenols is 1. The second kappa shape index (κ2) is 3.90. The Morgan fingerprint density at radius 2 is 2.00 bits per heavy atom. The van der Waals surface area contributed by atoms with Crippen LogP contribution in [0.2, 0.25) is 0 Å². The Hall–Kier alpha value is -1.55. The van der Waals surface area contributed by atoms with Gasteiger partial charge in [-0.15, -0.1) is 0 Å². The van der Waals surface area contributed by atoms with Crippen LogP contribution >= 0.6 is 15.9 Å². The zero-order valence-corrected chi connectivity index (χ0v) is 9.40. The fourth-order valence-electron chi connectivity index (χ4n) is 1.42. The Bertz CT molecular complexity index is 479. The van der Waals surface area contributed by atoms with Gasteiger partial charge < -0.3 is 10.8 Å². The van der Waals surface area contributed by atoms with Gasteiger partial charge >= 0.3 is 0 Å². The smallest absolute Gasteiger partial charge is 0.125 e. The Balaban J connectivity index is 2.69. The molecule has 4 heteroatoms. The third-order valence-electron chi connectivity index (χ3n) is 2.10. The van der Waals surface area contributed by atoms with Crippen LogP contribution < -0.4 is 5.73 Å². The minimum Gasteiger partial charge on any atom is -0.507 e. The lowest BCUT2D eigenvalue weighted by Crippen LogP contribution is -1.91. The number of phenolic OH excluding ortho intramolecular Hbond substituents is 1. The summed E-state index contributed by atoms with van der Waals surface area (Å²) >= 11 is 3.32. The molecule has 0 aliphatic heterocycles. The molecule has 15 heavy (non-hydrogen) atoms. The normalized spacial score (nSPS) is 10.2. The highest BCUT2D eigenvalue weighted by atomic mass is 79.9. The number of benzene rings is 1. The van der Waals surface area contributed by atoms with Gasteiger partial charge in [0.15, 0.2) is 0 Å². The summed E-state index contributed by atoms with van der Waals surface area (Å²) in [7, 11) is 0. The van der Waals surface area contributed by atoms with Gasteiger partial charge in [-0.1, -0.05) is 6.07 Å². The van der Waals surface area contributed by atoms with Crippen LogP contribution in [0.5, 0.6) is 5.75 Å². The highest BCUT2D eigenvalue weighted by molar-refractivity contribution is 9.10. The summed E-state index contributed by atoms with van der Waals surface area (Å²) in [6.07, 6.45) is 1.67. The molecule has 1 aromatic heterocycles. The van der Waals surface area contributed by atoms with E-state index in [4.69, 9.17) is 5.73 Å². The molecule has 3 N–H and O–H groups in total. The van der Waals surface area contributed by atoms with Crippen LogP contribution in [0.15, 0.2) is 41.1 Å². The van der Waals surface area contributed by atoms with Crippen LogP contribution in [-0.2, 0) is 0 Å². The van der Waals surface area contributed by atoms with Gasteiger partial charge in [-0.3, -0.25) is 0 Å². The van der Waals surface area contributed by atoms with E-state index >= 15 is 0 Å². The zero-order valence-electron chi connectivity index (χ0n) is 7.81. The van der Waals surface area contributed by atoms with Gasteiger partial charge in [0.2, 0.25) is 0 Å². The SMILES string of the molecule is Nc1cccc(O)c1-c1cccnc1Br. The maximum atomic E-state index is 9.74. The fraction of sp³-hybridized carbons (Fsp3) is 0. The molecule has 0 saturated heterocycles. The maximum absolute atomic E-state index is 9.74. The number of aromatic hydroxyl groups is 1. The molecule has 1 aromatic carbocycles. The molecule has 0 unspecified atom stereocenters. The number of hydrogen-bond acceptors (Lipinski definition) is 3. The van der Waals surface area contributed by atoms with Crippen molar-refractivity contribution in [3.05, 3.63) is 41.1 Å². The summed E-state index contributed by atoms with van der Waals surface area (Å²) < 4.78 is 0.665. The molecule has 76 valence electrons. The van der Waals surface area contributed by atoms with Gasteiger partial charge in [-0.2, -0.15) is 0 Å². The first-order chi connectivity index (χ1) is 7.20. The first kappa shape index (κ1) is 9.98. The highest BCUT2D eigenvalue weighted by Crippen LogP contribution is 2.37. The number of rotatable bonds is 1. The number of halogens is 1. The Morgan fingerprint density at radius 3 is 2.67 bits per heavy atom. The molecule has 0 amide bonds. The minimum absolute atomic E-state index is 0.156. The molecule has 0 bridgehead atoms. The average molecular weight is 265 g/mol. The van der Waals surface area contributed by atoms with Gasteiger partial charge in [-0.25, -0.2) is 4.98 Å². The highest BCUT2D eigenvalue weighted by Gasteiger charge is 2.11. The second-order valence-corrected chi connectivity index (χ2v) is 3.83. The molecule has 0 aliphatic rings. The van der Waals surface area contributed by atoms with Gasteiger partial charge in [0.25, 0.3) is 0 Å². The van der Waals surface area contributed by atoms with E-state index in [9.17, 15) is 5.11 Å². The van der Waals surface area contributed by atoms with Crippen molar-refractivity contribution in [3.63, 3.8) is 0 Å². The summed E-state index contributed by atoms with van der Waals surface area (Å²) in [4.78, 5) is 4.09. The molecular weight excluding hydrogens is 256 g/mol. The Morgan fingerprint density at radius 1 is 1.20 bits per heavy atom. The predicted octanol–water partition coefficient (Wildman–Crippen LogP) is 2.80. The summed E-state index contributed by atoms with van der Waals surface area (Å²) in [6, 6.07) is 8.70. The first-order valence-electron chi connectivity index (χ1n) is 4.38. The number of nitrogens with two attached hydrogens (primary N) is 1. The Kier molecular flexibility index (Phi) is 2.60. The molecule has 0 aliphatic carbocycles. The topological polar surface area (TPSA) is 59.1 Å². The van der Waals surface area contributed by atoms with Crippen LogP contribution in [0, 0.1) is 0 Å². The number of anilines is 1. The van der Waals surface area contributed by atoms with Crippen molar-refractivity contribution in [3.8, 4) is 16.9 Å². The maximum Gasteiger partial charge on any atom is 0.125 e. The van der Waals surface area contributed by atoms with Crippen LogP contribution in [0.3, 0.4) is 0 Å². The molecule has 0 radical (unpaired) electrons. The summed E-state index contributed by atoms with van der Waals surface area (Å²) in [5.74, 6) is 0.156. The largest absolute Gasteiger partial charge is 0.507 e. The van der Waals surface area contributed by atoms with E-state index in [-0.39, 0.29) is 5.75 Å². The number of nitrogens with zero attached hydrogens (tertiary/aromatic N) is 1. The summed E-state index contributed by atoms with van der Waals surface area (Å²) in [5, 5.41) is 9.74. The number of hydrogen-bond donors (Lipinski definition) is 2. The summed E-state index contributed by atoms with van der Waals surface area (Å²) in [5.41, 5.74) is 7.74. The lowest BCUT2D eigenvalue weighted by atomic mass is 10.0. The number of aromatic nitrogens is 1. The second-order valence-electron chi connectivity index (χ2n) is 3.08. The number of nitrogen functional groups attached to an aromatic ring is 1. The lowest BCUT2D eigenvalue weighted by Gasteiger charge is -2.08. The van der Waals surface area contributed by atoms with E-state index in [1.165, 1.54) is 0 Å². The number of pyridine rings is 1. The van der Waals surface area contributed by atoms with Crippen molar-refractivity contribution in [2.24, 2.45) is 0 Å². The first-order valence-corrected chi connectivity index (χ1v) is 5.18. The van der Waals surface area contributed by atoms with Crippen molar-refractivity contribution in [1.82, 2.24) is 4.98 Å². The van der Waals surface area contributed by atoms with Crippen LogP contribution in [0.25, 0.3) is 11.1 Å². The van der Waals surface area contributed by atoms with Crippen molar-refractivity contribution in [2.75, 3.05) is 5.73 Å². The molecule has 2 rings (SSSR count). The molecule has 0 atom stereocenters. The third kappa shape index (κ3) is 1.80. The van der Waals surface area contributed by atoms with E-state index in [1.807, 2.05) is 6.07 Å². The van der Waals surface area contributed by atoms with Crippen molar-refractivity contribution < 1.29 is 5.11 Å². The van der Waals surface area contributed by atoms with E-state index in [2.05, 4.69) is 20.9 Å². The molecule has 0 spiro atoms. The minimum atomic E-state index is 0.156. The van der Waals surface area contributed by atoms with E-state index in [1.54, 1.807) is 30.5 Å². The average Bonchev–Trinajstić information content (AvgIpc) is 2.20. The van der Waals surface area contributed by atoms with Crippen molar-refractivity contribution in [1.29, 1.82) is 0 Å². The van der Waals surface area contributed by atoms with Gasteiger partial charge in [0.1, 0.15) is 10.4 Å². The third-order valence-corrected chi connectivity index (χ3v) is 2.74.